The third kappa shape index (κ3) is 4.44. The lowest BCUT2D eigenvalue weighted by molar-refractivity contribution is -0.126. The summed E-state index contributed by atoms with van der Waals surface area (Å²) in [5.74, 6) is 0.453. The number of fused-ring (bicyclic) bond motifs is 1. The number of ether oxygens (including phenoxy) is 1. The van der Waals surface area contributed by atoms with E-state index in [1.807, 2.05) is 4.57 Å². The first-order valence-corrected chi connectivity index (χ1v) is 11.9. The lowest BCUT2D eigenvalue weighted by atomic mass is 9.95. The molecule has 33 heavy (non-hydrogen) atoms. The van der Waals surface area contributed by atoms with Crippen LogP contribution in [0.1, 0.15) is 30.4 Å². The van der Waals surface area contributed by atoms with E-state index in [1.54, 1.807) is 6.07 Å². The second-order valence-electron chi connectivity index (χ2n) is 9.13. The van der Waals surface area contributed by atoms with Gasteiger partial charge in [-0.05, 0) is 74.6 Å². The van der Waals surface area contributed by atoms with Crippen LogP contribution in [0, 0.1) is 25.6 Å². The summed E-state index contributed by atoms with van der Waals surface area (Å²) in [6, 6.07) is 8.82. The maximum Gasteiger partial charge on any atom is 0.223 e. The maximum absolute atomic E-state index is 14.3. The molecule has 0 saturated carbocycles. The molecule has 1 atom stereocenters. The van der Waals surface area contributed by atoms with E-state index in [-0.39, 0.29) is 23.7 Å². The van der Waals surface area contributed by atoms with Gasteiger partial charge in [-0.2, -0.15) is 0 Å². The average Bonchev–Trinajstić information content (AvgIpc) is 3.41. The first kappa shape index (κ1) is 22.2. The van der Waals surface area contributed by atoms with Crippen molar-refractivity contribution in [3.8, 4) is 5.69 Å². The summed E-state index contributed by atoms with van der Waals surface area (Å²) >= 11 is 6.20. The van der Waals surface area contributed by atoms with Gasteiger partial charge in [0.1, 0.15) is 5.82 Å². The van der Waals surface area contributed by atoms with Crippen molar-refractivity contribution in [1.82, 2.24) is 14.9 Å². The van der Waals surface area contributed by atoms with Crippen molar-refractivity contribution >= 4 is 34.5 Å². The van der Waals surface area contributed by atoms with Gasteiger partial charge in [-0.25, -0.2) is 9.37 Å². The topological polar surface area (TPSA) is 59.4 Å². The van der Waals surface area contributed by atoms with Crippen molar-refractivity contribution in [2.24, 2.45) is 5.92 Å². The summed E-state index contributed by atoms with van der Waals surface area (Å²) in [6.07, 6.45) is 2.36. The van der Waals surface area contributed by atoms with Crippen molar-refractivity contribution in [1.29, 1.82) is 0 Å². The van der Waals surface area contributed by atoms with Gasteiger partial charge in [-0.3, -0.25) is 9.36 Å². The molecule has 2 aromatic carbocycles. The first-order valence-electron chi connectivity index (χ1n) is 11.5. The number of piperidine rings is 1. The van der Waals surface area contributed by atoms with Gasteiger partial charge in [0, 0.05) is 30.6 Å². The molecule has 6 nitrogen and oxygen atoms in total. The Morgan fingerprint density at radius 2 is 1.88 bits per heavy atom. The van der Waals surface area contributed by atoms with E-state index < -0.39 is 0 Å². The van der Waals surface area contributed by atoms with Gasteiger partial charge >= 0.3 is 0 Å². The second-order valence-corrected chi connectivity index (χ2v) is 9.57. The fourth-order valence-electron chi connectivity index (χ4n) is 4.76. The molecule has 0 radical (unpaired) electrons. The molecule has 3 aromatic rings. The Kier molecular flexibility index (Phi) is 6.01. The Morgan fingerprint density at radius 3 is 2.58 bits per heavy atom. The molecule has 1 aromatic heterocycles. The summed E-state index contributed by atoms with van der Waals surface area (Å²) in [5, 5.41) is 3.47. The highest BCUT2D eigenvalue weighted by atomic mass is 35.5. The van der Waals surface area contributed by atoms with Gasteiger partial charge in [-0.1, -0.05) is 11.6 Å². The minimum atomic E-state index is -0.389. The lowest BCUT2D eigenvalue weighted by Crippen LogP contribution is -2.44. The molecule has 2 aliphatic heterocycles. The standard InChI is InChI=1S/C25H28ClFN4O2/c1-15-9-22-23(10-16(15)2)31(21-12-18(26)11-19(27)13-21)25(29-22)30-6-3-17(4-7-30)24(32)28-20-5-8-33-14-20/h9-13,17,20H,3-8,14H2,1-2H3,(H,28,32)/t20-/m1/s1. The summed E-state index contributed by atoms with van der Waals surface area (Å²) in [6.45, 7) is 6.83. The molecule has 0 unspecified atom stereocenters. The van der Waals surface area contributed by atoms with Crippen LogP contribution in [0.3, 0.4) is 0 Å². The van der Waals surface area contributed by atoms with Crippen LogP contribution < -0.4 is 10.2 Å². The van der Waals surface area contributed by atoms with Gasteiger partial charge in [-0.15, -0.1) is 0 Å². The number of carbonyl (C=O) groups excluding carboxylic acids is 1. The molecule has 2 saturated heterocycles. The Morgan fingerprint density at radius 1 is 1.12 bits per heavy atom. The van der Waals surface area contributed by atoms with Gasteiger partial charge in [0.25, 0.3) is 0 Å². The summed E-state index contributed by atoms with van der Waals surface area (Å²) in [4.78, 5) is 19.8. The number of halogens is 2. The Balaban J connectivity index is 1.45. The largest absolute Gasteiger partial charge is 0.379 e. The maximum atomic E-state index is 14.3. The number of imidazole rings is 1. The quantitative estimate of drug-likeness (QED) is 0.607. The molecular weight excluding hydrogens is 443 g/mol. The van der Waals surface area contributed by atoms with Crippen LogP contribution in [-0.2, 0) is 9.53 Å². The van der Waals surface area contributed by atoms with E-state index in [1.165, 1.54) is 12.1 Å². The Hall–Kier alpha value is -2.64. The van der Waals surface area contributed by atoms with Crippen LogP contribution in [0.4, 0.5) is 10.3 Å². The number of hydrogen-bond acceptors (Lipinski definition) is 4. The van der Waals surface area contributed by atoms with Crippen LogP contribution in [0.15, 0.2) is 30.3 Å². The van der Waals surface area contributed by atoms with Gasteiger partial charge in [0.05, 0.1) is 29.4 Å². The zero-order chi connectivity index (χ0) is 23.1. The number of nitrogens with zero attached hydrogens (tertiary/aromatic N) is 3. The van der Waals surface area contributed by atoms with Crippen LogP contribution >= 0.6 is 11.6 Å². The van der Waals surface area contributed by atoms with Gasteiger partial charge < -0.3 is 15.0 Å². The van der Waals surface area contributed by atoms with Crippen molar-refractivity contribution < 1.29 is 13.9 Å². The number of rotatable bonds is 4. The molecule has 3 heterocycles. The highest BCUT2D eigenvalue weighted by Crippen LogP contribution is 2.33. The molecule has 0 spiro atoms. The summed E-state index contributed by atoms with van der Waals surface area (Å²) in [7, 11) is 0. The highest BCUT2D eigenvalue weighted by Gasteiger charge is 2.30. The van der Waals surface area contributed by atoms with Crippen LogP contribution in [0.2, 0.25) is 5.02 Å². The van der Waals surface area contributed by atoms with E-state index in [2.05, 4.69) is 36.2 Å². The Labute approximate surface area is 197 Å². The fraction of sp³-hybridized carbons (Fsp3) is 0.440. The second kappa shape index (κ2) is 8.95. The number of carbonyl (C=O) groups is 1. The van der Waals surface area contributed by atoms with E-state index in [9.17, 15) is 9.18 Å². The molecule has 1 N–H and O–H groups in total. The van der Waals surface area contributed by atoms with Gasteiger partial charge in [0.2, 0.25) is 11.9 Å². The minimum Gasteiger partial charge on any atom is -0.379 e. The summed E-state index contributed by atoms with van der Waals surface area (Å²) in [5.41, 5.74) is 4.71. The first-order chi connectivity index (χ1) is 15.9. The zero-order valence-corrected chi connectivity index (χ0v) is 19.7. The van der Waals surface area contributed by atoms with Crippen molar-refractivity contribution in [2.45, 2.75) is 39.2 Å². The van der Waals surface area contributed by atoms with E-state index >= 15 is 0 Å². The van der Waals surface area contributed by atoms with E-state index in [0.717, 1.165) is 47.4 Å². The molecular formula is C25H28ClFN4O2. The smallest absolute Gasteiger partial charge is 0.223 e. The molecule has 174 valence electrons. The SMILES string of the molecule is Cc1cc2nc(N3CCC(C(=O)N[C@@H]4CCOC4)CC3)n(-c3cc(F)cc(Cl)c3)c2cc1C. The van der Waals surface area contributed by atoms with Crippen LogP contribution in [0.25, 0.3) is 16.7 Å². The van der Waals surface area contributed by atoms with Gasteiger partial charge in [0.15, 0.2) is 0 Å². The normalized spacial score (nSPS) is 19.4. The third-order valence-corrected chi connectivity index (χ3v) is 7.00. The predicted octanol–water partition coefficient (Wildman–Crippen LogP) is 4.56. The average molecular weight is 471 g/mol. The zero-order valence-electron chi connectivity index (χ0n) is 18.9. The predicted molar refractivity (Wildman–Crippen MR) is 128 cm³/mol. The van der Waals surface area contributed by atoms with Crippen molar-refractivity contribution in [3.05, 3.63) is 52.3 Å². The molecule has 5 rings (SSSR count). The number of amides is 1. The number of aromatic nitrogens is 2. The number of benzene rings is 2. The lowest BCUT2D eigenvalue weighted by Gasteiger charge is -2.32. The number of anilines is 1. The van der Waals surface area contributed by atoms with E-state index in [4.69, 9.17) is 21.3 Å². The monoisotopic (exact) mass is 470 g/mol. The van der Waals surface area contributed by atoms with E-state index in [0.29, 0.717) is 37.0 Å². The van der Waals surface area contributed by atoms with Crippen molar-refractivity contribution in [2.75, 3.05) is 31.2 Å². The van der Waals surface area contributed by atoms with Crippen LogP contribution in [0.5, 0.6) is 0 Å². The third-order valence-electron chi connectivity index (χ3n) is 6.78. The molecule has 1 amide bonds. The fourth-order valence-corrected chi connectivity index (χ4v) is 4.98. The van der Waals surface area contributed by atoms with Crippen molar-refractivity contribution in [3.63, 3.8) is 0 Å². The highest BCUT2D eigenvalue weighted by molar-refractivity contribution is 6.30. The minimum absolute atomic E-state index is 0.0206. The number of aryl methyl sites for hydroxylation is 2. The van der Waals surface area contributed by atoms with Crippen LogP contribution in [-0.4, -0.2) is 47.8 Å². The summed E-state index contributed by atoms with van der Waals surface area (Å²) < 4.78 is 21.6. The molecule has 8 heteroatoms. The molecule has 2 fully saturated rings. The number of hydrogen-bond donors (Lipinski definition) is 1. The molecule has 2 aliphatic rings. The molecule has 0 aliphatic carbocycles. The molecule has 0 bridgehead atoms. The Bertz CT molecular complexity index is 1180. The number of nitrogens with one attached hydrogen (secondary N) is 1.